The van der Waals surface area contributed by atoms with Crippen LogP contribution in [0.15, 0.2) is 24.3 Å². The van der Waals surface area contributed by atoms with Crippen LogP contribution in [0.1, 0.15) is 37.8 Å². The van der Waals surface area contributed by atoms with Gasteiger partial charge >= 0.3 is 0 Å². The largest absolute Gasteiger partial charge is 0.316 e. The summed E-state index contributed by atoms with van der Waals surface area (Å²) in [5.41, 5.74) is 2.77. The van der Waals surface area contributed by atoms with Crippen molar-refractivity contribution in [2.75, 3.05) is 20.1 Å². The van der Waals surface area contributed by atoms with E-state index >= 15 is 0 Å². The van der Waals surface area contributed by atoms with Crippen LogP contribution in [0.25, 0.3) is 0 Å². The van der Waals surface area contributed by atoms with Crippen molar-refractivity contribution in [1.29, 1.82) is 0 Å². The molecular weight excluding hydrogens is 244 g/mol. The quantitative estimate of drug-likeness (QED) is 0.819. The fourth-order valence-electron chi connectivity index (χ4n) is 3.03. The molecule has 1 aliphatic carbocycles. The van der Waals surface area contributed by atoms with Crippen molar-refractivity contribution in [3.05, 3.63) is 35.4 Å². The van der Waals surface area contributed by atoms with E-state index in [2.05, 4.69) is 62.3 Å². The van der Waals surface area contributed by atoms with Crippen LogP contribution in [0.4, 0.5) is 0 Å². The van der Waals surface area contributed by atoms with Crippen molar-refractivity contribution in [3.8, 4) is 0 Å². The summed E-state index contributed by atoms with van der Waals surface area (Å²) in [6.07, 6.45) is 2.74. The second kappa shape index (κ2) is 7.24. The van der Waals surface area contributed by atoms with Crippen LogP contribution in [0.3, 0.4) is 0 Å². The van der Waals surface area contributed by atoms with E-state index < -0.39 is 0 Å². The molecule has 2 heteroatoms. The molecule has 0 saturated heterocycles. The van der Waals surface area contributed by atoms with Gasteiger partial charge in [0.2, 0.25) is 0 Å². The molecule has 0 bridgehead atoms. The Kier molecular flexibility index (Phi) is 5.62. The molecule has 2 atom stereocenters. The second-order valence-corrected chi connectivity index (χ2v) is 6.86. The van der Waals surface area contributed by atoms with E-state index in [0.29, 0.717) is 0 Å². The Hall–Kier alpha value is -0.860. The molecule has 0 spiro atoms. The number of aryl methyl sites for hydroxylation is 1. The van der Waals surface area contributed by atoms with E-state index in [9.17, 15) is 0 Å². The van der Waals surface area contributed by atoms with Crippen LogP contribution in [0.2, 0.25) is 0 Å². The fraction of sp³-hybridized carbons (Fsp3) is 0.667. The van der Waals surface area contributed by atoms with Crippen LogP contribution in [-0.2, 0) is 6.54 Å². The lowest BCUT2D eigenvalue weighted by molar-refractivity contribution is 0.0776. The Bertz CT molecular complexity index is 396. The molecule has 1 aliphatic rings. The molecule has 0 heterocycles. The van der Waals surface area contributed by atoms with Gasteiger partial charge in [-0.05, 0) is 57.3 Å². The topological polar surface area (TPSA) is 15.3 Å². The van der Waals surface area contributed by atoms with Crippen molar-refractivity contribution in [2.45, 2.75) is 46.2 Å². The highest BCUT2D eigenvalue weighted by Crippen LogP contribution is 2.31. The van der Waals surface area contributed by atoms with Gasteiger partial charge in [-0.15, -0.1) is 0 Å². The normalized spacial score (nSPS) is 22.3. The molecule has 1 fully saturated rings. The van der Waals surface area contributed by atoms with E-state index in [1.54, 1.807) is 0 Å². The molecule has 1 aromatic rings. The summed E-state index contributed by atoms with van der Waals surface area (Å²) >= 11 is 0. The fourth-order valence-corrected chi connectivity index (χ4v) is 3.03. The number of hydrogen-bond donors (Lipinski definition) is 1. The highest BCUT2D eigenvalue weighted by molar-refractivity contribution is 5.21. The smallest absolute Gasteiger partial charge is 0.0233 e. The molecule has 0 aromatic heterocycles. The van der Waals surface area contributed by atoms with Crippen molar-refractivity contribution >= 4 is 0 Å². The van der Waals surface area contributed by atoms with Gasteiger partial charge in [-0.3, -0.25) is 4.90 Å². The summed E-state index contributed by atoms with van der Waals surface area (Å²) in [6, 6.07) is 9.71. The molecule has 1 saturated carbocycles. The summed E-state index contributed by atoms with van der Waals surface area (Å²) in [5, 5.41) is 3.62. The minimum absolute atomic E-state index is 0.749. The highest BCUT2D eigenvalue weighted by atomic mass is 15.1. The zero-order valence-electron chi connectivity index (χ0n) is 13.5. The van der Waals surface area contributed by atoms with Crippen molar-refractivity contribution in [2.24, 2.45) is 11.8 Å². The third kappa shape index (κ3) is 4.32. The summed E-state index contributed by atoms with van der Waals surface area (Å²) in [4.78, 5) is 2.54. The van der Waals surface area contributed by atoms with Crippen LogP contribution in [0, 0.1) is 18.8 Å². The standard InChI is InChI=1S/C18H30N2/c1-14(2)11-19-12-17-9-10-18(17)20(4)13-16-7-5-15(3)6-8-16/h5-8,14,17-19H,9-13H2,1-4H3. The Balaban J connectivity index is 1.77. The third-order valence-corrected chi connectivity index (χ3v) is 4.46. The maximum atomic E-state index is 3.62. The zero-order chi connectivity index (χ0) is 14.5. The average molecular weight is 274 g/mol. The zero-order valence-corrected chi connectivity index (χ0v) is 13.5. The number of nitrogens with zero attached hydrogens (tertiary/aromatic N) is 1. The van der Waals surface area contributed by atoms with E-state index in [0.717, 1.165) is 31.0 Å². The van der Waals surface area contributed by atoms with E-state index in [-0.39, 0.29) is 0 Å². The first-order chi connectivity index (χ1) is 9.56. The van der Waals surface area contributed by atoms with Crippen molar-refractivity contribution < 1.29 is 0 Å². The molecule has 2 nitrogen and oxygen atoms in total. The van der Waals surface area contributed by atoms with E-state index in [1.807, 2.05) is 0 Å². The summed E-state index contributed by atoms with van der Waals surface area (Å²) in [7, 11) is 2.28. The number of hydrogen-bond acceptors (Lipinski definition) is 2. The first-order valence-electron chi connectivity index (χ1n) is 8.02. The molecule has 0 radical (unpaired) electrons. The van der Waals surface area contributed by atoms with Crippen LogP contribution in [0.5, 0.6) is 0 Å². The van der Waals surface area contributed by atoms with Gasteiger partial charge in [-0.25, -0.2) is 0 Å². The van der Waals surface area contributed by atoms with Gasteiger partial charge in [-0.2, -0.15) is 0 Å². The van der Waals surface area contributed by atoms with Crippen molar-refractivity contribution in [3.63, 3.8) is 0 Å². The number of nitrogens with one attached hydrogen (secondary N) is 1. The number of rotatable bonds is 7. The lowest BCUT2D eigenvalue weighted by Gasteiger charge is -2.43. The van der Waals surface area contributed by atoms with Crippen molar-refractivity contribution in [1.82, 2.24) is 10.2 Å². The van der Waals surface area contributed by atoms with Gasteiger partial charge in [0.1, 0.15) is 0 Å². The molecule has 1 aromatic carbocycles. The first-order valence-corrected chi connectivity index (χ1v) is 8.02. The Morgan fingerprint density at radius 1 is 1.20 bits per heavy atom. The molecule has 112 valence electrons. The molecular formula is C18H30N2. The average Bonchev–Trinajstić information content (AvgIpc) is 2.35. The van der Waals surface area contributed by atoms with Gasteiger partial charge in [0.05, 0.1) is 0 Å². The Morgan fingerprint density at radius 3 is 2.45 bits per heavy atom. The lowest BCUT2D eigenvalue weighted by atomic mass is 9.78. The molecule has 1 N–H and O–H groups in total. The summed E-state index contributed by atoms with van der Waals surface area (Å²) in [6.45, 7) is 10.1. The number of benzene rings is 1. The van der Waals surface area contributed by atoms with Gasteiger partial charge in [0, 0.05) is 12.6 Å². The molecule has 2 rings (SSSR count). The Labute approximate surface area is 124 Å². The Morgan fingerprint density at radius 2 is 1.90 bits per heavy atom. The monoisotopic (exact) mass is 274 g/mol. The first kappa shape index (κ1) is 15.5. The van der Waals surface area contributed by atoms with E-state index in [4.69, 9.17) is 0 Å². The predicted molar refractivity (Wildman–Crippen MR) is 86.9 cm³/mol. The van der Waals surface area contributed by atoms with Crippen LogP contribution in [-0.4, -0.2) is 31.1 Å². The summed E-state index contributed by atoms with van der Waals surface area (Å²) < 4.78 is 0. The summed E-state index contributed by atoms with van der Waals surface area (Å²) in [5.74, 6) is 1.59. The third-order valence-electron chi connectivity index (χ3n) is 4.46. The maximum Gasteiger partial charge on any atom is 0.0233 e. The molecule has 0 amide bonds. The van der Waals surface area contributed by atoms with Gasteiger partial charge in [0.15, 0.2) is 0 Å². The van der Waals surface area contributed by atoms with Gasteiger partial charge in [0.25, 0.3) is 0 Å². The van der Waals surface area contributed by atoms with Crippen LogP contribution >= 0.6 is 0 Å². The lowest BCUT2D eigenvalue weighted by Crippen LogP contribution is -2.48. The van der Waals surface area contributed by atoms with E-state index in [1.165, 1.54) is 30.5 Å². The highest BCUT2D eigenvalue weighted by Gasteiger charge is 2.33. The van der Waals surface area contributed by atoms with Gasteiger partial charge in [-0.1, -0.05) is 43.7 Å². The maximum absolute atomic E-state index is 3.62. The second-order valence-electron chi connectivity index (χ2n) is 6.86. The minimum Gasteiger partial charge on any atom is -0.316 e. The molecule has 0 aliphatic heterocycles. The minimum atomic E-state index is 0.749. The predicted octanol–water partition coefficient (Wildman–Crippen LogP) is 3.45. The van der Waals surface area contributed by atoms with Crippen LogP contribution < -0.4 is 5.32 Å². The SMILES string of the molecule is Cc1ccc(CN(C)C2CCC2CNCC(C)C)cc1. The molecule has 20 heavy (non-hydrogen) atoms. The molecule has 2 unspecified atom stereocenters. The van der Waals surface area contributed by atoms with Gasteiger partial charge < -0.3 is 5.32 Å².